The fraction of sp³-hybridized carbons (Fsp3) is 0.188. The molecular weight excluding hydrogens is 302 g/mol. The molecule has 0 fully saturated rings. The first-order chi connectivity index (χ1) is 8.95. The highest BCUT2D eigenvalue weighted by molar-refractivity contribution is 9.10. The predicted octanol–water partition coefficient (Wildman–Crippen LogP) is 4.63. The van der Waals surface area contributed by atoms with Gasteiger partial charge in [-0.1, -0.05) is 33.6 Å². The molecule has 98 valence electrons. The van der Waals surface area contributed by atoms with E-state index in [4.69, 9.17) is 0 Å². The number of anilines is 1. The summed E-state index contributed by atoms with van der Waals surface area (Å²) in [5.74, 6) is -0.0741. The molecule has 0 atom stereocenters. The quantitative estimate of drug-likeness (QED) is 0.859. The molecule has 0 aliphatic carbocycles. The second-order valence-electron chi connectivity index (χ2n) is 4.79. The van der Waals surface area contributed by atoms with E-state index in [9.17, 15) is 4.79 Å². The Labute approximate surface area is 122 Å². The van der Waals surface area contributed by atoms with E-state index in [0.717, 1.165) is 26.9 Å². The van der Waals surface area contributed by atoms with E-state index >= 15 is 0 Å². The molecule has 0 aromatic heterocycles. The third-order valence-electron chi connectivity index (χ3n) is 2.93. The number of carbonyl (C=O) groups is 1. The molecule has 0 aliphatic heterocycles. The number of benzene rings is 2. The Hall–Kier alpha value is -1.61. The minimum Gasteiger partial charge on any atom is -0.322 e. The number of hydrogen-bond donors (Lipinski definition) is 1. The maximum atomic E-state index is 12.2. The Morgan fingerprint density at radius 3 is 2.37 bits per heavy atom. The highest BCUT2D eigenvalue weighted by atomic mass is 79.9. The summed E-state index contributed by atoms with van der Waals surface area (Å²) in [6, 6.07) is 11.7. The monoisotopic (exact) mass is 317 g/mol. The minimum absolute atomic E-state index is 0.0741. The summed E-state index contributed by atoms with van der Waals surface area (Å²) in [6.45, 7) is 5.97. The van der Waals surface area contributed by atoms with Gasteiger partial charge in [0.15, 0.2) is 0 Å². The maximum absolute atomic E-state index is 12.2. The van der Waals surface area contributed by atoms with E-state index in [2.05, 4.69) is 21.2 Å². The van der Waals surface area contributed by atoms with Crippen LogP contribution in [0.2, 0.25) is 0 Å². The lowest BCUT2D eigenvalue weighted by Gasteiger charge is -2.09. The van der Waals surface area contributed by atoms with Crippen molar-refractivity contribution in [1.82, 2.24) is 0 Å². The molecule has 0 saturated carbocycles. The van der Waals surface area contributed by atoms with Crippen LogP contribution in [0.25, 0.3) is 0 Å². The molecule has 2 aromatic carbocycles. The van der Waals surface area contributed by atoms with Crippen molar-refractivity contribution in [1.29, 1.82) is 0 Å². The molecule has 1 amide bonds. The van der Waals surface area contributed by atoms with Crippen molar-refractivity contribution >= 4 is 27.5 Å². The van der Waals surface area contributed by atoms with Crippen LogP contribution in [-0.2, 0) is 0 Å². The summed E-state index contributed by atoms with van der Waals surface area (Å²) in [7, 11) is 0. The summed E-state index contributed by atoms with van der Waals surface area (Å²) in [5, 5.41) is 2.93. The largest absolute Gasteiger partial charge is 0.322 e. The second kappa shape index (κ2) is 5.57. The predicted molar refractivity (Wildman–Crippen MR) is 82.7 cm³/mol. The fourth-order valence-electron chi connectivity index (χ4n) is 2.08. The molecule has 3 heteroatoms. The van der Waals surface area contributed by atoms with Crippen LogP contribution in [0.3, 0.4) is 0 Å². The zero-order chi connectivity index (χ0) is 14.0. The number of hydrogen-bond acceptors (Lipinski definition) is 1. The minimum atomic E-state index is -0.0741. The molecule has 0 bridgehead atoms. The van der Waals surface area contributed by atoms with E-state index in [1.807, 2.05) is 57.2 Å². The normalized spacial score (nSPS) is 10.3. The van der Waals surface area contributed by atoms with Gasteiger partial charge in [-0.15, -0.1) is 0 Å². The highest BCUT2D eigenvalue weighted by Crippen LogP contribution is 2.20. The Bertz CT molecular complexity index is 614. The number of rotatable bonds is 2. The SMILES string of the molecule is Cc1cc(Br)cc(NC(=O)c2ccc(C)cc2C)c1. The second-order valence-corrected chi connectivity index (χ2v) is 5.71. The number of halogens is 1. The fourth-order valence-corrected chi connectivity index (χ4v) is 2.68. The Morgan fingerprint density at radius 2 is 1.74 bits per heavy atom. The Kier molecular flexibility index (Phi) is 4.05. The van der Waals surface area contributed by atoms with Crippen LogP contribution < -0.4 is 5.32 Å². The van der Waals surface area contributed by atoms with Gasteiger partial charge in [-0.3, -0.25) is 4.79 Å². The van der Waals surface area contributed by atoms with Crippen molar-refractivity contribution < 1.29 is 4.79 Å². The van der Waals surface area contributed by atoms with Crippen molar-refractivity contribution in [2.45, 2.75) is 20.8 Å². The van der Waals surface area contributed by atoms with Gasteiger partial charge >= 0.3 is 0 Å². The van der Waals surface area contributed by atoms with Crippen LogP contribution in [0.1, 0.15) is 27.0 Å². The molecule has 0 unspecified atom stereocenters. The van der Waals surface area contributed by atoms with Crippen molar-refractivity contribution in [2.75, 3.05) is 5.32 Å². The zero-order valence-electron chi connectivity index (χ0n) is 11.3. The van der Waals surface area contributed by atoms with Crippen LogP contribution in [0, 0.1) is 20.8 Å². The standard InChI is InChI=1S/C16H16BrNO/c1-10-4-5-15(12(3)6-10)16(19)18-14-8-11(2)7-13(17)9-14/h4-9H,1-3H3,(H,18,19). The lowest BCUT2D eigenvalue weighted by molar-refractivity contribution is 0.102. The first kappa shape index (κ1) is 13.8. The third-order valence-corrected chi connectivity index (χ3v) is 3.38. The first-order valence-electron chi connectivity index (χ1n) is 6.11. The van der Waals surface area contributed by atoms with Crippen molar-refractivity contribution in [2.24, 2.45) is 0 Å². The molecule has 0 heterocycles. The highest BCUT2D eigenvalue weighted by Gasteiger charge is 2.09. The lowest BCUT2D eigenvalue weighted by Crippen LogP contribution is -2.13. The molecule has 0 saturated heterocycles. The molecule has 2 rings (SSSR count). The van der Waals surface area contributed by atoms with Gasteiger partial charge in [0.2, 0.25) is 0 Å². The molecule has 1 N–H and O–H groups in total. The van der Waals surface area contributed by atoms with E-state index in [1.54, 1.807) is 0 Å². The summed E-state index contributed by atoms with van der Waals surface area (Å²) >= 11 is 3.43. The van der Waals surface area contributed by atoms with Crippen molar-refractivity contribution in [3.8, 4) is 0 Å². The van der Waals surface area contributed by atoms with E-state index in [1.165, 1.54) is 0 Å². The lowest BCUT2D eigenvalue weighted by atomic mass is 10.1. The summed E-state index contributed by atoms with van der Waals surface area (Å²) in [6.07, 6.45) is 0. The van der Waals surface area contributed by atoms with Crippen LogP contribution in [-0.4, -0.2) is 5.91 Å². The number of amides is 1. The smallest absolute Gasteiger partial charge is 0.255 e. The van der Waals surface area contributed by atoms with Gasteiger partial charge in [0, 0.05) is 15.7 Å². The molecular formula is C16H16BrNO. The number of carbonyl (C=O) groups excluding carboxylic acids is 1. The van der Waals surface area contributed by atoms with E-state index < -0.39 is 0 Å². The molecule has 0 aliphatic rings. The maximum Gasteiger partial charge on any atom is 0.255 e. The summed E-state index contributed by atoms with van der Waals surface area (Å²) < 4.78 is 0.962. The molecule has 0 spiro atoms. The van der Waals surface area contributed by atoms with Crippen molar-refractivity contribution in [3.63, 3.8) is 0 Å². The average Bonchev–Trinajstić information content (AvgIpc) is 2.26. The molecule has 0 radical (unpaired) electrons. The molecule has 2 aromatic rings. The van der Waals surface area contributed by atoms with Gasteiger partial charge in [-0.25, -0.2) is 0 Å². The molecule has 19 heavy (non-hydrogen) atoms. The van der Waals surface area contributed by atoms with Gasteiger partial charge in [0.1, 0.15) is 0 Å². The van der Waals surface area contributed by atoms with E-state index in [-0.39, 0.29) is 5.91 Å². The van der Waals surface area contributed by atoms with E-state index in [0.29, 0.717) is 5.56 Å². The zero-order valence-corrected chi connectivity index (χ0v) is 12.8. The van der Waals surface area contributed by atoms with Crippen LogP contribution in [0.5, 0.6) is 0 Å². The third kappa shape index (κ3) is 3.44. The topological polar surface area (TPSA) is 29.1 Å². The van der Waals surface area contributed by atoms with Gasteiger partial charge < -0.3 is 5.32 Å². The average molecular weight is 318 g/mol. The summed E-state index contributed by atoms with van der Waals surface area (Å²) in [4.78, 5) is 12.2. The van der Waals surface area contributed by atoms with Gasteiger partial charge in [-0.2, -0.15) is 0 Å². The molecule has 2 nitrogen and oxygen atoms in total. The number of aryl methyl sites for hydroxylation is 3. The van der Waals surface area contributed by atoms with Gasteiger partial charge in [-0.05, 0) is 56.2 Å². The van der Waals surface area contributed by atoms with Crippen molar-refractivity contribution in [3.05, 3.63) is 63.1 Å². The summed E-state index contributed by atoms with van der Waals surface area (Å²) in [5.41, 5.74) is 4.77. The van der Waals surface area contributed by atoms with Gasteiger partial charge in [0.25, 0.3) is 5.91 Å². The number of nitrogens with one attached hydrogen (secondary N) is 1. The van der Waals surface area contributed by atoms with Crippen LogP contribution in [0.15, 0.2) is 40.9 Å². The van der Waals surface area contributed by atoms with Gasteiger partial charge in [0.05, 0.1) is 0 Å². The van der Waals surface area contributed by atoms with Crippen LogP contribution in [0.4, 0.5) is 5.69 Å². The Balaban J connectivity index is 2.25. The first-order valence-corrected chi connectivity index (χ1v) is 6.91. The Morgan fingerprint density at radius 1 is 1.00 bits per heavy atom. The van der Waals surface area contributed by atoms with Crippen LogP contribution >= 0.6 is 15.9 Å².